The molecule has 0 spiro atoms. The number of nitrogens with zero attached hydrogens (tertiary/aromatic N) is 2. The zero-order valence-electron chi connectivity index (χ0n) is 13.2. The molecule has 5 heteroatoms. The lowest BCUT2D eigenvalue weighted by Gasteiger charge is -2.21. The van der Waals surface area contributed by atoms with Gasteiger partial charge in [-0.25, -0.2) is 9.98 Å². The fourth-order valence-corrected chi connectivity index (χ4v) is 3.41. The van der Waals surface area contributed by atoms with Gasteiger partial charge >= 0.3 is 0 Å². The highest BCUT2D eigenvalue weighted by molar-refractivity contribution is 8.14. The van der Waals surface area contributed by atoms with E-state index >= 15 is 0 Å². The van der Waals surface area contributed by atoms with E-state index in [1.807, 2.05) is 11.8 Å². The first-order chi connectivity index (χ1) is 9.66. The molecule has 1 rings (SSSR count). The zero-order valence-corrected chi connectivity index (χ0v) is 14.1. The van der Waals surface area contributed by atoms with E-state index in [1.165, 1.54) is 24.3 Å². The van der Waals surface area contributed by atoms with Crippen LogP contribution in [0.5, 0.6) is 0 Å². The number of nitrogens with two attached hydrogens (primary N) is 1. The van der Waals surface area contributed by atoms with E-state index < -0.39 is 0 Å². The van der Waals surface area contributed by atoms with Gasteiger partial charge in [0.15, 0.2) is 0 Å². The van der Waals surface area contributed by atoms with Gasteiger partial charge in [-0.15, -0.1) is 11.8 Å². The van der Waals surface area contributed by atoms with Crippen LogP contribution in [-0.4, -0.2) is 35.4 Å². The standard InChI is InChI=1S/C15H30N4S/c1-4-6-7-12-20-13-15(3,9-5-2)19-14(18-13)17-11-8-10-16/h4-12,16H2,1-3H3,(H,17,19). The third-order valence-corrected chi connectivity index (χ3v) is 4.71. The first-order valence-corrected chi connectivity index (χ1v) is 8.90. The molecule has 0 fully saturated rings. The molecule has 0 saturated heterocycles. The predicted octanol–water partition coefficient (Wildman–Crippen LogP) is 3.18. The second-order valence-corrected chi connectivity index (χ2v) is 6.58. The molecule has 1 aliphatic rings. The smallest absolute Gasteiger partial charge is 0.219 e. The molecule has 0 radical (unpaired) electrons. The normalized spacial score (nSPS) is 21.8. The van der Waals surface area contributed by atoms with Crippen LogP contribution in [0.1, 0.15) is 59.3 Å². The molecule has 1 aliphatic heterocycles. The minimum atomic E-state index is -0.114. The number of nitrogens with one attached hydrogen (secondary N) is 1. The summed E-state index contributed by atoms with van der Waals surface area (Å²) in [6.45, 7) is 8.21. The molecule has 116 valence electrons. The van der Waals surface area contributed by atoms with Crippen LogP contribution in [0.25, 0.3) is 0 Å². The van der Waals surface area contributed by atoms with Gasteiger partial charge in [-0.05, 0) is 38.5 Å². The Morgan fingerprint density at radius 1 is 1.20 bits per heavy atom. The fourth-order valence-electron chi connectivity index (χ4n) is 2.26. The van der Waals surface area contributed by atoms with Crippen molar-refractivity contribution in [2.75, 3.05) is 18.8 Å². The maximum atomic E-state index is 5.52. The Kier molecular flexibility index (Phi) is 8.22. The van der Waals surface area contributed by atoms with Crippen molar-refractivity contribution in [2.24, 2.45) is 15.7 Å². The van der Waals surface area contributed by atoms with Gasteiger partial charge in [0, 0.05) is 6.54 Å². The summed E-state index contributed by atoms with van der Waals surface area (Å²) in [7, 11) is 0. The lowest BCUT2D eigenvalue weighted by Crippen LogP contribution is -2.29. The van der Waals surface area contributed by atoms with Gasteiger partial charge in [-0.1, -0.05) is 33.1 Å². The maximum absolute atomic E-state index is 5.52. The summed E-state index contributed by atoms with van der Waals surface area (Å²) in [5.74, 6) is 1.95. The lowest BCUT2D eigenvalue weighted by atomic mass is 9.99. The molecule has 0 amide bonds. The van der Waals surface area contributed by atoms with Crippen LogP contribution in [0.2, 0.25) is 0 Å². The van der Waals surface area contributed by atoms with Gasteiger partial charge in [-0.3, -0.25) is 0 Å². The summed E-state index contributed by atoms with van der Waals surface area (Å²) in [5.41, 5.74) is 5.40. The lowest BCUT2D eigenvalue weighted by molar-refractivity contribution is 0.574. The van der Waals surface area contributed by atoms with Crippen LogP contribution in [-0.2, 0) is 0 Å². The molecule has 1 heterocycles. The molecule has 0 aliphatic carbocycles. The average molecular weight is 299 g/mol. The maximum Gasteiger partial charge on any atom is 0.219 e. The fraction of sp³-hybridized carbons (Fsp3) is 0.867. The molecule has 0 aromatic carbocycles. The third-order valence-electron chi connectivity index (χ3n) is 3.41. The van der Waals surface area contributed by atoms with E-state index in [-0.39, 0.29) is 5.54 Å². The Bertz CT molecular complexity index is 341. The molecular formula is C15H30N4S. The van der Waals surface area contributed by atoms with Crippen molar-refractivity contribution in [3.05, 3.63) is 0 Å². The van der Waals surface area contributed by atoms with Crippen LogP contribution in [0.4, 0.5) is 0 Å². The minimum Gasteiger partial charge on any atom is -0.354 e. The highest BCUT2D eigenvalue weighted by atomic mass is 32.2. The Hall–Kier alpha value is -0.550. The number of unbranched alkanes of at least 4 members (excludes halogenated alkanes) is 2. The summed E-state index contributed by atoms with van der Waals surface area (Å²) >= 11 is 1.88. The zero-order chi connectivity index (χ0) is 14.8. The molecule has 1 atom stereocenters. The van der Waals surface area contributed by atoms with Gasteiger partial charge in [0.1, 0.15) is 10.6 Å². The quantitative estimate of drug-likeness (QED) is 0.643. The number of rotatable bonds is 9. The van der Waals surface area contributed by atoms with Crippen molar-refractivity contribution < 1.29 is 0 Å². The SMILES string of the molecule is CCCCCSC1=NC(NCCCN)=NC1(C)CCC. The molecule has 20 heavy (non-hydrogen) atoms. The molecule has 4 nitrogen and oxygen atoms in total. The number of thioether (sulfide) groups is 1. The predicted molar refractivity (Wildman–Crippen MR) is 91.8 cm³/mol. The van der Waals surface area contributed by atoms with E-state index in [0.29, 0.717) is 6.54 Å². The molecular weight excluding hydrogens is 268 g/mol. The first kappa shape index (κ1) is 17.5. The van der Waals surface area contributed by atoms with Crippen molar-refractivity contribution in [3.8, 4) is 0 Å². The van der Waals surface area contributed by atoms with E-state index in [9.17, 15) is 0 Å². The van der Waals surface area contributed by atoms with Gasteiger partial charge in [-0.2, -0.15) is 0 Å². The molecule has 0 aromatic heterocycles. The summed E-state index contributed by atoms with van der Waals surface area (Å²) < 4.78 is 0. The highest BCUT2D eigenvalue weighted by Gasteiger charge is 2.34. The van der Waals surface area contributed by atoms with Crippen LogP contribution in [0.3, 0.4) is 0 Å². The van der Waals surface area contributed by atoms with Crippen LogP contribution in [0.15, 0.2) is 9.98 Å². The number of aliphatic imine (C=N–C) groups is 2. The summed E-state index contributed by atoms with van der Waals surface area (Å²) in [4.78, 5) is 9.51. The Balaban J connectivity index is 2.56. The second kappa shape index (κ2) is 9.40. The summed E-state index contributed by atoms with van der Waals surface area (Å²) in [5, 5.41) is 4.48. The first-order valence-electron chi connectivity index (χ1n) is 7.92. The summed E-state index contributed by atoms with van der Waals surface area (Å²) in [6, 6.07) is 0. The molecule has 0 saturated carbocycles. The molecule has 0 aromatic rings. The molecule has 0 bridgehead atoms. The van der Waals surface area contributed by atoms with E-state index in [2.05, 4.69) is 26.1 Å². The average Bonchev–Trinajstić information content (AvgIpc) is 2.72. The van der Waals surface area contributed by atoms with Crippen LogP contribution in [0, 0.1) is 0 Å². The molecule has 1 unspecified atom stereocenters. The molecule has 3 N–H and O–H groups in total. The van der Waals surface area contributed by atoms with Crippen molar-refractivity contribution in [3.63, 3.8) is 0 Å². The van der Waals surface area contributed by atoms with E-state index in [1.54, 1.807) is 0 Å². The Morgan fingerprint density at radius 3 is 2.65 bits per heavy atom. The van der Waals surface area contributed by atoms with Crippen molar-refractivity contribution in [1.82, 2.24) is 5.32 Å². The second-order valence-electron chi connectivity index (χ2n) is 5.50. The minimum absolute atomic E-state index is 0.114. The van der Waals surface area contributed by atoms with Gasteiger partial charge in [0.25, 0.3) is 0 Å². The van der Waals surface area contributed by atoms with Gasteiger partial charge in [0.2, 0.25) is 5.96 Å². The monoisotopic (exact) mass is 298 g/mol. The van der Waals surface area contributed by atoms with E-state index in [4.69, 9.17) is 15.7 Å². The highest BCUT2D eigenvalue weighted by Crippen LogP contribution is 2.31. The van der Waals surface area contributed by atoms with Crippen molar-refractivity contribution in [2.45, 2.75) is 64.8 Å². The van der Waals surface area contributed by atoms with Crippen molar-refractivity contribution in [1.29, 1.82) is 0 Å². The van der Waals surface area contributed by atoms with Crippen molar-refractivity contribution >= 4 is 22.8 Å². The third kappa shape index (κ3) is 5.44. The number of guanidine groups is 1. The topological polar surface area (TPSA) is 62.8 Å². The van der Waals surface area contributed by atoms with Crippen LogP contribution >= 0.6 is 11.8 Å². The largest absolute Gasteiger partial charge is 0.354 e. The summed E-state index contributed by atoms with van der Waals surface area (Å²) in [6.07, 6.45) is 6.98. The van der Waals surface area contributed by atoms with Gasteiger partial charge < -0.3 is 11.1 Å². The van der Waals surface area contributed by atoms with Gasteiger partial charge in [0.05, 0.1) is 0 Å². The Labute approximate surface area is 128 Å². The number of hydrogen-bond acceptors (Lipinski definition) is 5. The van der Waals surface area contributed by atoms with E-state index in [0.717, 1.165) is 37.5 Å². The van der Waals surface area contributed by atoms with Crippen LogP contribution < -0.4 is 11.1 Å². The number of hydrogen-bond donors (Lipinski definition) is 2. The Morgan fingerprint density at radius 2 is 2.00 bits per heavy atom.